The molecule has 0 aromatic rings. The van der Waals surface area contributed by atoms with Crippen molar-refractivity contribution in [2.75, 3.05) is 39.6 Å². The predicted molar refractivity (Wildman–Crippen MR) is 76.0 cm³/mol. The highest BCUT2D eigenvalue weighted by Gasteiger charge is 2.20. The quantitative estimate of drug-likeness (QED) is 0.483. The second kappa shape index (κ2) is 12.4. The van der Waals surface area contributed by atoms with Crippen molar-refractivity contribution in [3.05, 3.63) is 0 Å². The molecule has 0 aliphatic rings. The molecule has 112 valence electrons. The van der Waals surface area contributed by atoms with Crippen molar-refractivity contribution in [3.8, 4) is 6.07 Å². The highest BCUT2D eigenvalue weighted by Crippen LogP contribution is 2.23. The zero-order valence-electron chi connectivity index (χ0n) is 12.7. The van der Waals surface area contributed by atoms with Crippen molar-refractivity contribution in [1.82, 2.24) is 0 Å². The summed E-state index contributed by atoms with van der Waals surface area (Å²) in [7, 11) is 0. The normalized spacial score (nSPS) is 14.0. The smallest absolute Gasteiger partial charge is 0.0701 e. The molecule has 0 N–H and O–H groups in total. The van der Waals surface area contributed by atoms with Crippen molar-refractivity contribution in [1.29, 1.82) is 5.26 Å². The molecule has 0 aliphatic carbocycles. The van der Waals surface area contributed by atoms with Gasteiger partial charge in [-0.1, -0.05) is 20.3 Å². The van der Waals surface area contributed by atoms with Crippen LogP contribution < -0.4 is 0 Å². The fourth-order valence-corrected chi connectivity index (χ4v) is 1.40. The zero-order chi connectivity index (χ0) is 14.4. The van der Waals surface area contributed by atoms with Gasteiger partial charge < -0.3 is 14.2 Å². The van der Waals surface area contributed by atoms with E-state index in [0.717, 1.165) is 32.3 Å². The molecule has 0 aromatic heterocycles. The third-order valence-corrected chi connectivity index (χ3v) is 3.23. The van der Waals surface area contributed by atoms with Gasteiger partial charge in [-0.05, 0) is 26.2 Å². The van der Waals surface area contributed by atoms with Crippen LogP contribution in [0.3, 0.4) is 0 Å². The van der Waals surface area contributed by atoms with E-state index in [1.807, 2.05) is 13.8 Å². The summed E-state index contributed by atoms with van der Waals surface area (Å²) in [6.45, 7) is 10.0. The lowest BCUT2D eigenvalue weighted by Crippen LogP contribution is -2.17. The SMILES string of the molecule is CCCCOCCOCCOCCC(C)(C#N)CC. The van der Waals surface area contributed by atoms with Gasteiger partial charge in [0.1, 0.15) is 0 Å². The lowest BCUT2D eigenvalue weighted by atomic mass is 9.86. The summed E-state index contributed by atoms with van der Waals surface area (Å²) in [5.74, 6) is 0. The minimum atomic E-state index is -0.256. The first-order valence-corrected chi connectivity index (χ1v) is 7.33. The molecule has 19 heavy (non-hydrogen) atoms. The van der Waals surface area contributed by atoms with Crippen LogP contribution in [0, 0.1) is 16.7 Å². The van der Waals surface area contributed by atoms with E-state index in [1.54, 1.807) is 0 Å². The molecule has 0 rings (SSSR count). The molecule has 4 heteroatoms. The van der Waals surface area contributed by atoms with Crippen LogP contribution in [0.2, 0.25) is 0 Å². The number of hydrogen-bond donors (Lipinski definition) is 0. The van der Waals surface area contributed by atoms with Gasteiger partial charge in [-0.3, -0.25) is 0 Å². The van der Waals surface area contributed by atoms with Crippen molar-refractivity contribution in [2.24, 2.45) is 5.41 Å². The molecule has 0 fully saturated rings. The van der Waals surface area contributed by atoms with Crippen LogP contribution in [-0.4, -0.2) is 39.6 Å². The van der Waals surface area contributed by atoms with Gasteiger partial charge >= 0.3 is 0 Å². The van der Waals surface area contributed by atoms with Crippen LogP contribution >= 0.6 is 0 Å². The fraction of sp³-hybridized carbons (Fsp3) is 0.933. The van der Waals surface area contributed by atoms with Gasteiger partial charge in [-0.25, -0.2) is 0 Å². The summed E-state index contributed by atoms with van der Waals surface area (Å²) < 4.78 is 16.2. The summed E-state index contributed by atoms with van der Waals surface area (Å²) in [4.78, 5) is 0. The van der Waals surface area contributed by atoms with Gasteiger partial charge in [0.05, 0.1) is 37.9 Å². The molecular formula is C15H29NO3. The lowest BCUT2D eigenvalue weighted by molar-refractivity contribution is 0.0104. The lowest BCUT2D eigenvalue weighted by Gasteiger charge is -2.18. The number of rotatable bonds is 13. The van der Waals surface area contributed by atoms with Crippen LogP contribution in [-0.2, 0) is 14.2 Å². The number of nitrogens with zero attached hydrogens (tertiary/aromatic N) is 1. The summed E-state index contributed by atoms with van der Waals surface area (Å²) in [6.07, 6.45) is 3.91. The first-order chi connectivity index (χ1) is 9.18. The molecule has 0 aliphatic heterocycles. The Morgan fingerprint density at radius 2 is 1.42 bits per heavy atom. The van der Waals surface area contributed by atoms with Gasteiger partial charge in [0.2, 0.25) is 0 Å². The molecule has 0 amide bonds. The Labute approximate surface area is 118 Å². The third kappa shape index (κ3) is 10.9. The molecule has 0 saturated carbocycles. The maximum atomic E-state index is 9.00. The predicted octanol–water partition coefficient (Wildman–Crippen LogP) is 3.17. The average Bonchev–Trinajstić information content (AvgIpc) is 2.44. The summed E-state index contributed by atoms with van der Waals surface area (Å²) >= 11 is 0. The topological polar surface area (TPSA) is 51.5 Å². The van der Waals surface area contributed by atoms with Crippen molar-refractivity contribution < 1.29 is 14.2 Å². The highest BCUT2D eigenvalue weighted by atomic mass is 16.5. The maximum Gasteiger partial charge on any atom is 0.0701 e. The first kappa shape index (κ1) is 18.4. The Bertz CT molecular complexity index is 240. The van der Waals surface area contributed by atoms with Crippen LogP contribution in [0.15, 0.2) is 0 Å². The Balaban J connectivity index is 3.22. The van der Waals surface area contributed by atoms with E-state index in [-0.39, 0.29) is 5.41 Å². The first-order valence-electron chi connectivity index (χ1n) is 7.33. The fourth-order valence-electron chi connectivity index (χ4n) is 1.40. The number of nitriles is 1. The molecule has 0 radical (unpaired) electrons. The van der Waals surface area contributed by atoms with Crippen molar-refractivity contribution in [3.63, 3.8) is 0 Å². The van der Waals surface area contributed by atoms with Crippen LogP contribution in [0.5, 0.6) is 0 Å². The molecule has 0 heterocycles. The van der Waals surface area contributed by atoms with Crippen LogP contribution in [0.25, 0.3) is 0 Å². The minimum Gasteiger partial charge on any atom is -0.379 e. The van der Waals surface area contributed by atoms with Gasteiger partial charge in [0.15, 0.2) is 0 Å². The van der Waals surface area contributed by atoms with Gasteiger partial charge in [-0.2, -0.15) is 5.26 Å². The molecule has 1 atom stereocenters. The molecule has 0 bridgehead atoms. The maximum absolute atomic E-state index is 9.00. The van der Waals surface area contributed by atoms with Crippen molar-refractivity contribution >= 4 is 0 Å². The largest absolute Gasteiger partial charge is 0.379 e. The van der Waals surface area contributed by atoms with Crippen molar-refractivity contribution in [2.45, 2.75) is 46.5 Å². The van der Waals surface area contributed by atoms with Gasteiger partial charge in [0, 0.05) is 13.2 Å². The number of unbranched alkanes of at least 4 members (excludes halogenated alkanes) is 1. The van der Waals surface area contributed by atoms with E-state index in [1.165, 1.54) is 0 Å². The standard InChI is InChI=1S/C15H29NO3/c1-4-6-8-17-10-12-19-13-11-18-9-7-15(3,5-2)14-16/h4-13H2,1-3H3. The minimum absolute atomic E-state index is 0.256. The molecular weight excluding hydrogens is 242 g/mol. The number of ether oxygens (including phenoxy) is 3. The van der Waals surface area contributed by atoms with E-state index in [9.17, 15) is 0 Å². The van der Waals surface area contributed by atoms with Gasteiger partial charge in [-0.15, -0.1) is 0 Å². The van der Waals surface area contributed by atoms with E-state index in [2.05, 4.69) is 13.0 Å². The van der Waals surface area contributed by atoms with Gasteiger partial charge in [0.25, 0.3) is 0 Å². The average molecular weight is 271 g/mol. The van der Waals surface area contributed by atoms with E-state index >= 15 is 0 Å². The second-order valence-corrected chi connectivity index (χ2v) is 4.97. The highest BCUT2D eigenvalue weighted by molar-refractivity contribution is 4.94. The summed E-state index contributed by atoms with van der Waals surface area (Å²) in [5.41, 5.74) is -0.256. The Hall–Kier alpha value is -0.630. The molecule has 0 spiro atoms. The molecule has 0 aromatic carbocycles. The second-order valence-electron chi connectivity index (χ2n) is 4.97. The molecule has 1 unspecified atom stereocenters. The Kier molecular flexibility index (Phi) is 12.0. The molecule has 4 nitrogen and oxygen atoms in total. The summed E-state index contributed by atoms with van der Waals surface area (Å²) in [6, 6.07) is 2.34. The summed E-state index contributed by atoms with van der Waals surface area (Å²) in [5, 5.41) is 9.00. The third-order valence-electron chi connectivity index (χ3n) is 3.23. The Morgan fingerprint density at radius 3 is 1.89 bits per heavy atom. The van der Waals surface area contributed by atoms with Crippen LogP contribution in [0.4, 0.5) is 0 Å². The zero-order valence-corrected chi connectivity index (χ0v) is 12.7. The van der Waals surface area contributed by atoms with E-state index in [0.29, 0.717) is 33.0 Å². The monoisotopic (exact) mass is 271 g/mol. The Morgan fingerprint density at radius 1 is 0.895 bits per heavy atom. The van der Waals surface area contributed by atoms with E-state index < -0.39 is 0 Å². The number of hydrogen-bond acceptors (Lipinski definition) is 4. The molecule has 0 saturated heterocycles. The van der Waals surface area contributed by atoms with E-state index in [4.69, 9.17) is 19.5 Å². The van der Waals surface area contributed by atoms with Crippen LogP contribution in [0.1, 0.15) is 46.5 Å².